The number of carbonyl (C=O) groups is 3. The van der Waals surface area contributed by atoms with Gasteiger partial charge in [-0.2, -0.15) is 0 Å². The summed E-state index contributed by atoms with van der Waals surface area (Å²) < 4.78 is 10.8. The van der Waals surface area contributed by atoms with Gasteiger partial charge in [0.05, 0.1) is 37.4 Å². The first-order valence-corrected chi connectivity index (χ1v) is 12.4. The fourth-order valence-electron chi connectivity index (χ4n) is 4.08. The Balaban J connectivity index is 1.89. The van der Waals surface area contributed by atoms with Crippen LogP contribution in [0.2, 0.25) is 0 Å². The van der Waals surface area contributed by atoms with Crippen molar-refractivity contribution in [2.45, 2.75) is 20.3 Å². The van der Waals surface area contributed by atoms with E-state index in [2.05, 4.69) is 4.98 Å². The normalized spacial score (nSPS) is 11.5. The van der Waals surface area contributed by atoms with Gasteiger partial charge in [0.1, 0.15) is 5.75 Å². The molecule has 2 aromatic carbocycles. The highest BCUT2D eigenvalue weighted by Crippen LogP contribution is 2.30. The highest BCUT2D eigenvalue weighted by molar-refractivity contribution is 6.01. The fraction of sp³-hybridized carbons (Fsp3) is 0.310. The Labute approximate surface area is 226 Å². The van der Waals surface area contributed by atoms with Gasteiger partial charge >= 0.3 is 11.9 Å². The number of esters is 1. The van der Waals surface area contributed by atoms with E-state index in [1.54, 1.807) is 62.4 Å². The third-order valence-electron chi connectivity index (χ3n) is 6.18. The van der Waals surface area contributed by atoms with Gasteiger partial charge < -0.3 is 29.7 Å². The van der Waals surface area contributed by atoms with Crippen LogP contribution in [0.4, 0.5) is 0 Å². The van der Waals surface area contributed by atoms with Crippen molar-refractivity contribution in [2.24, 2.45) is 5.92 Å². The number of nitrogens with zero attached hydrogens (tertiary/aromatic N) is 2. The number of aromatic nitrogens is 1. The topological polar surface area (TPSA) is 146 Å². The molecule has 39 heavy (non-hydrogen) atoms. The summed E-state index contributed by atoms with van der Waals surface area (Å²) in [6, 6.07) is 13.4. The number of ether oxygens (including phenoxy) is 2. The number of amides is 1. The summed E-state index contributed by atoms with van der Waals surface area (Å²) in [7, 11) is 1.46. The third-order valence-corrected chi connectivity index (χ3v) is 6.18. The van der Waals surface area contributed by atoms with E-state index in [9.17, 15) is 24.6 Å². The lowest BCUT2D eigenvalue weighted by molar-refractivity contribution is -0.141. The Morgan fingerprint density at radius 1 is 1.00 bits per heavy atom. The second-order valence-electron chi connectivity index (χ2n) is 9.02. The number of hydrogen-bond acceptors (Lipinski definition) is 8. The van der Waals surface area contributed by atoms with Crippen molar-refractivity contribution < 1.29 is 39.2 Å². The molecule has 3 rings (SSSR count). The molecule has 1 heterocycles. The summed E-state index contributed by atoms with van der Waals surface area (Å²) in [5.74, 6) is -1.88. The number of rotatable bonds is 12. The molecule has 0 radical (unpaired) electrons. The zero-order valence-corrected chi connectivity index (χ0v) is 22.1. The van der Waals surface area contributed by atoms with Crippen molar-refractivity contribution in [3.8, 4) is 22.8 Å². The van der Waals surface area contributed by atoms with Gasteiger partial charge in [-0.05, 0) is 48.2 Å². The number of carbonyl (C=O) groups excluding carboxylic acids is 2. The molecule has 1 amide bonds. The third kappa shape index (κ3) is 7.40. The van der Waals surface area contributed by atoms with E-state index in [0.717, 1.165) is 5.56 Å². The predicted molar refractivity (Wildman–Crippen MR) is 143 cm³/mol. The number of carboxylic acid groups (broad SMARTS) is 1. The first kappa shape index (κ1) is 29.3. The first-order chi connectivity index (χ1) is 18.7. The molecule has 0 bridgehead atoms. The number of aliphatic hydroxyl groups excluding tert-OH is 2. The Bertz CT molecular complexity index is 1330. The maximum absolute atomic E-state index is 13.2. The second kappa shape index (κ2) is 13.5. The molecule has 1 atom stereocenters. The number of aliphatic carboxylic acids is 1. The van der Waals surface area contributed by atoms with E-state index in [-0.39, 0.29) is 37.7 Å². The van der Waals surface area contributed by atoms with Gasteiger partial charge in [0.2, 0.25) is 5.88 Å². The van der Waals surface area contributed by atoms with E-state index in [1.807, 2.05) is 0 Å². The summed E-state index contributed by atoms with van der Waals surface area (Å²) in [5, 5.41) is 27.9. The number of pyridine rings is 1. The number of hydrogen-bond donors (Lipinski definition) is 3. The van der Waals surface area contributed by atoms with Crippen molar-refractivity contribution in [3.63, 3.8) is 0 Å². The Hall–Kier alpha value is -4.28. The van der Waals surface area contributed by atoms with Crippen molar-refractivity contribution in [1.29, 1.82) is 0 Å². The smallest absolute Gasteiger partial charge is 0.343 e. The van der Waals surface area contributed by atoms with E-state index < -0.39 is 23.8 Å². The second-order valence-corrected chi connectivity index (χ2v) is 9.02. The molecule has 3 aromatic rings. The van der Waals surface area contributed by atoms with Crippen LogP contribution in [0.15, 0.2) is 54.7 Å². The summed E-state index contributed by atoms with van der Waals surface area (Å²) >= 11 is 0. The molecule has 0 saturated carbocycles. The lowest BCUT2D eigenvalue weighted by atomic mass is 9.96. The number of carboxylic acids is 1. The number of methoxy groups -OCH3 is 1. The monoisotopic (exact) mass is 536 g/mol. The van der Waals surface area contributed by atoms with E-state index >= 15 is 0 Å². The minimum absolute atomic E-state index is 0.0467. The molecule has 0 aliphatic heterocycles. The van der Waals surface area contributed by atoms with E-state index in [1.165, 1.54) is 18.2 Å². The molecule has 0 aliphatic carbocycles. The van der Waals surface area contributed by atoms with Crippen LogP contribution in [0.1, 0.15) is 38.8 Å². The molecule has 10 nitrogen and oxygen atoms in total. The van der Waals surface area contributed by atoms with Crippen LogP contribution in [0.5, 0.6) is 11.6 Å². The van der Waals surface area contributed by atoms with Gasteiger partial charge in [0, 0.05) is 30.9 Å². The molecule has 1 aromatic heterocycles. The van der Waals surface area contributed by atoms with Gasteiger partial charge in [-0.15, -0.1) is 0 Å². The van der Waals surface area contributed by atoms with E-state index in [0.29, 0.717) is 34.4 Å². The zero-order valence-electron chi connectivity index (χ0n) is 22.1. The molecule has 206 valence electrons. The Morgan fingerprint density at radius 2 is 1.72 bits per heavy atom. The van der Waals surface area contributed by atoms with Crippen LogP contribution in [0.25, 0.3) is 11.1 Å². The Morgan fingerprint density at radius 3 is 2.33 bits per heavy atom. The molecule has 3 N–H and O–H groups in total. The van der Waals surface area contributed by atoms with Crippen LogP contribution in [-0.4, -0.2) is 76.5 Å². The highest BCUT2D eigenvalue weighted by atomic mass is 16.5. The zero-order chi connectivity index (χ0) is 28.5. The van der Waals surface area contributed by atoms with Gasteiger partial charge in [-0.25, -0.2) is 9.78 Å². The van der Waals surface area contributed by atoms with Crippen LogP contribution in [-0.2, 0) is 11.2 Å². The van der Waals surface area contributed by atoms with Gasteiger partial charge in [0.15, 0.2) is 0 Å². The molecule has 0 saturated heterocycles. The molecule has 0 spiro atoms. The van der Waals surface area contributed by atoms with Crippen molar-refractivity contribution in [2.75, 3.05) is 33.4 Å². The quantitative estimate of drug-likeness (QED) is 0.235. The van der Waals surface area contributed by atoms with Gasteiger partial charge in [-0.3, -0.25) is 9.59 Å². The predicted octanol–water partition coefficient (Wildman–Crippen LogP) is 2.97. The minimum atomic E-state index is -0.903. The summed E-state index contributed by atoms with van der Waals surface area (Å²) in [6.07, 6.45) is 1.69. The lowest BCUT2D eigenvalue weighted by Gasteiger charge is -2.22. The maximum Gasteiger partial charge on any atom is 0.343 e. The van der Waals surface area contributed by atoms with E-state index in [4.69, 9.17) is 14.6 Å². The van der Waals surface area contributed by atoms with Crippen LogP contribution in [0, 0.1) is 12.8 Å². The average molecular weight is 537 g/mol. The summed E-state index contributed by atoms with van der Waals surface area (Å²) in [5.41, 5.74) is 3.05. The van der Waals surface area contributed by atoms with Crippen LogP contribution >= 0.6 is 0 Å². The summed E-state index contributed by atoms with van der Waals surface area (Å²) in [4.78, 5) is 42.9. The standard InChI is InChI=1S/C29H32N2O8/c1-18-14-21(24-16-26(38-3)30-17-25(24)27(34)31(9-11-32)10-12-33)7-8-23(18)29(37)39-22-6-4-5-20(15-22)13-19(2)28(35)36/h4-8,14-17,19,32-33H,9-13H2,1-3H3,(H,35,36). The maximum atomic E-state index is 13.2. The molecule has 0 aliphatic rings. The van der Waals surface area contributed by atoms with Crippen LogP contribution < -0.4 is 9.47 Å². The van der Waals surface area contributed by atoms with Crippen molar-refractivity contribution in [3.05, 3.63) is 77.0 Å². The van der Waals surface area contributed by atoms with Crippen molar-refractivity contribution >= 4 is 17.8 Å². The number of aryl methyl sites for hydroxylation is 1. The largest absolute Gasteiger partial charge is 0.481 e. The lowest BCUT2D eigenvalue weighted by Crippen LogP contribution is -2.36. The fourth-order valence-corrected chi connectivity index (χ4v) is 4.08. The first-order valence-electron chi connectivity index (χ1n) is 12.4. The molecular formula is C29H32N2O8. The average Bonchev–Trinajstić information content (AvgIpc) is 2.92. The Kier molecular flexibility index (Phi) is 10.1. The minimum Gasteiger partial charge on any atom is -0.481 e. The van der Waals surface area contributed by atoms with Gasteiger partial charge in [-0.1, -0.05) is 31.2 Å². The van der Waals surface area contributed by atoms with Crippen LogP contribution in [0.3, 0.4) is 0 Å². The SMILES string of the molecule is COc1cc(-c2ccc(C(=O)Oc3cccc(CC(C)C(=O)O)c3)c(C)c2)c(C(=O)N(CCO)CCO)cn1. The highest BCUT2D eigenvalue weighted by Gasteiger charge is 2.22. The van der Waals surface area contributed by atoms with Gasteiger partial charge in [0.25, 0.3) is 5.91 Å². The summed E-state index contributed by atoms with van der Waals surface area (Å²) in [6.45, 7) is 2.93. The van der Waals surface area contributed by atoms with Crippen molar-refractivity contribution in [1.82, 2.24) is 9.88 Å². The number of aliphatic hydroxyl groups is 2. The molecule has 0 fully saturated rings. The molecular weight excluding hydrogens is 504 g/mol. The molecule has 10 heteroatoms. The number of benzene rings is 2. The molecule has 1 unspecified atom stereocenters.